The summed E-state index contributed by atoms with van der Waals surface area (Å²) in [4.78, 5) is 15.4. The van der Waals surface area contributed by atoms with E-state index in [9.17, 15) is 14.1 Å². The molecule has 1 aromatic heterocycles. The van der Waals surface area contributed by atoms with Gasteiger partial charge in [0.25, 0.3) is 0 Å². The molecule has 0 radical (unpaired) electrons. The van der Waals surface area contributed by atoms with Crippen LogP contribution in [-0.2, 0) is 25.1 Å². The third kappa shape index (κ3) is 5.25. The van der Waals surface area contributed by atoms with Gasteiger partial charge in [0.15, 0.2) is 0 Å². The quantitative estimate of drug-likeness (QED) is 0.849. The number of aromatic nitrogens is 1. The number of rotatable bonds is 2. The first-order chi connectivity index (χ1) is 8.49. The fraction of sp³-hybridized carbons (Fsp3) is 0.636. The molecule has 108 valence electrons. The van der Waals surface area contributed by atoms with Crippen LogP contribution in [0.15, 0.2) is 14.8 Å². The first-order valence-corrected chi connectivity index (χ1v) is 7.46. The van der Waals surface area contributed by atoms with Crippen LogP contribution in [0.3, 0.4) is 0 Å². The Kier molecular flexibility index (Phi) is 4.70. The van der Waals surface area contributed by atoms with Gasteiger partial charge in [-0.2, -0.15) is 0 Å². The molecule has 0 unspecified atom stereocenters. The Labute approximate surface area is 118 Å². The van der Waals surface area contributed by atoms with Gasteiger partial charge in [-0.25, -0.2) is 9.78 Å². The first-order valence-electron chi connectivity index (χ1n) is 5.54. The molecule has 6 nitrogen and oxygen atoms in total. The number of nitrogens with zero attached hydrogens (tertiary/aromatic N) is 2. The molecule has 1 N–H and O–H groups in total. The monoisotopic (exact) mass is 305 g/mol. The molecule has 1 heterocycles. The second-order valence-electron chi connectivity index (χ2n) is 5.36. The Morgan fingerprint density at radius 1 is 1.42 bits per heavy atom. The molecule has 0 atom stereocenters. The van der Waals surface area contributed by atoms with Gasteiger partial charge in [-0.3, -0.25) is 4.36 Å². The van der Waals surface area contributed by atoms with Gasteiger partial charge in [0.1, 0.15) is 16.2 Å². The van der Waals surface area contributed by atoms with Crippen LogP contribution in [0.5, 0.6) is 0 Å². The Morgan fingerprint density at radius 3 is 2.42 bits per heavy atom. The van der Waals surface area contributed by atoms with Crippen LogP contribution in [-0.4, -0.2) is 21.8 Å². The highest BCUT2D eigenvalue weighted by Crippen LogP contribution is 2.26. The van der Waals surface area contributed by atoms with E-state index in [2.05, 4.69) is 9.35 Å². The van der Waals surface area contributed by atoms with Gasteiger partial charge >= 0.3 is 6.09 Å². The number of carbonyl (C=O) groups is 1. The molecule has 1 rings (SSSR count). The molecule has 0 bridgehead atoms. The number of hydrogen-bond acceptors (Lipinski definition) is 7. The van der Waals surface area contributed by atoms with Gasteiger partial charge in [-0.05, 0) is 38.8 Å². The molecule has 0 fully saturated rings. The lowest BCUT2D eigenvalue weighted by atomic mass is 10.2. The summed E-state index contributed by atoms with van der Waals surface area (Å²) in [5.74, 6) is 0. The van der Waals surface area contributed by atoms with E-state index in [4.69, 9.17) is 4.74 Å². The molecule has 0 aliphatic rings. The van der Waals surface area contributed by atoms with E-state index in [0.717, 1.165) is 11.3 Å². The average molecular weight is 305 g/mol. The maximum absolute atomic E-state index is 11.8. The van der Waals surface area contributed by atoms with Gasteiger partial charge in [0.2, 0.25) is 0 Å². The van der Waals surface area contributed by atoms with Crippen LogP contribution in [0.1, 0.15) is 39.6 Å². The van der Waals surface area contributed by atoms with Crippen molar-refractivity contribution >= 4 is 28.0 Å². The zero-order valence-electron chi connectivity index (χ0n) is 11.5. The smallest absolute Gasteiger partial charge is 0.410 e. The topological polar surface area (TPSA) is 88.9 Å². The Hall–Kier alpha value is -0.990. The molecule has 0 aliphatic carbocycles. The highest BCUT2D eigenvalue weighted by Gasteiger charge is 2.19. The fourth-order valence-corrected chi connectivity index (χ4v) is 2.71. The minimum absolute atomic E-state index is 0.294. The first kappa shape index (κ1) is 16.1. The van der Waals surface area contributed by atoms with E-state index >= 15 is 0 Å². The average Bonchev–Trinajstić information content (AvgIpc) is 2.61. The molecule has 0 spiro atoms. The molecule has 0 aromatic carbocycles. The summed E-state index contributed by atoms with van der Waals surface area (Å²) in [6.07, 6.45) is 0.450. The van der Waals surface area contributed by atoms with Gasteiger partial charge in [-0.1, -0.05) is 0 Å². The summed E-state index contributed by atoms with van der Waals surface area (Å²) in [5.41, 5.74) is -1.80. The second-order valence-corrected chi connectivity index (χ2v) is 7.77. The molecule has 1 aromatic rings. The number of carbonyl (C=O) groups excluding carboxylic acids is 1. The van der Waals surface area contributed by atoms with Gasteiger partial charge in [0.05, 0.1) is 0 Å². The molecule has 0 aliphatic heterocycles. The van der Waals surface area contributed by atoms with Crippen molar-refractivity contribution in [2.24, 2.45) is 4.36 Å². The Balaban J connectivity index is 2.89. The van der Waals surface area contributed by atoms with Crippen molar-refractivity contribution in [3.63, 3.8) is 0 Å². The molecule has 0 saturated heterocycles. The SMILES string of the molecule is CC(C)(C)OC(=O)N=[S-](=O)c1cnc(C(C)(C)O)s1. The molecule has 1 amide bonds. The molecular weight excluding hydrogens is 288 g/mol. The summed E-state index contributed by atoms with van der Waals surface area (Å²) in [5, 5.41) is 10.2. The minimum Gasteiger partial charge on any atom is -0.444 e. The van der Waals surface area contributed by atoms with Crippen LogP contribution in [0.25, 0.3) is 0 Å². The van der Waals surface area contributed by atoms with Crippen molar-refractivity contribution in [1.29, 1.82) is 0 Å². The summed E-state index contributed by atoms with van der Waals surface area (Å²) < 4.78 is 20.5. The van der Waals surface area contributed by atoms with Crippen molar-refractivity contribution in [2.75, 3.05) is 0 Å². The molecule has 8 heteroatoms. The third-order valence-corrected chi connectivity index (χ3v) is 4.28. The fourth-order valence-electron chi connectivity index (χ4n) is 1.02. The van der Waals surface area contributed by atoms with Crippen LogP contribution < -0.4 is 0 Å². The van der Waals surface area contributed by atoms with Gasteiger partial charge in [0, 0.05) is 6.20 Å². The van der Waals surface area contributed by atoms with E-state index in [1.54, 1.807) is 34.6 Å². The maximum Gasteiger partial charge on any atom is 0.410 e. The van der Waals surface area contributed by atoms with Crippen molar-refractivity contribution < 1.29 is 18.8 Å². The summed E-state index contributed by atoms with van der Waals surface area (Å²) in [7, 11) is -1.87. The predicted octanol–water partition coefficient (Wildman–Crippen LogP) is 2.81. The van der Waals surface area contributed by atoms with Gasteiger partial charge in [-0.15, -0.1) is 21.9 Å². The van der Waals surface area contributed by atoms with Crippen LogP contribution in [0.4, 0.5) is 4.79 Å². The summed E-state index contributed by atoms with van der Waals surface area (Å²) in [6.45, 7) is 8.24. The number of hydrogen-bond donors (Lipinski definition) is 1. The van der Waals surface area contributed by atoms with Crippen molar-refractivity contribution in [3.8, 4) is 0 Å². The van der Waals surface area contributed by atoms with Crippen LogP contribution in [0, 0.1) is 0 Å². The maximum atomic E-state index is 11.8. The standard InChI is InChI=1S/C11H17N2O4S2/c1-10(2,3)17-9(14)13-19(16)7-6-12-8(18-7)11(4,5)15/h6,15H,1-5H3/q-1. The van der Waals surface area contributed by atoms with Crippen LogP contribution in [0.2, 0.25) is 0 Å². The number of amides is 1. The largest absolute Gasteiger partial charge is 0.444 e. The minimum atomic E-state index is -1.87. The van der Waals surface area contributed by atoms with Crippen molar-refractivity contribution in [2.45, 2.75) is 50.0 Å². The third-order valence-electron chi connectivity index (χ3n) is 1.73. The lowest BCUT2D eigenvalue weighted by Crippen LogP contribution is -2.21. The van der Waals surface area contributed by atoms with Crippen molar-refractivity contribution in [1.82, 2.24) is 4.98 Å². The van der Waals surface area contributed by atoms with Gasteiger partial charge < -0.3 is 14.1 Å². The normalized spacial score (nSPS) is 14.4. The van der Waals surface area contributed by atoms with Crippen molar-refractivity contribution in [3.05, 3.63) is 11.2 Å². The summed E-state index contributed by atoms with van der Waals surface area (Å²) in [6, 6.07) is 0. The van der Waals surface area contributed by atoms with Crippen LogP contribution >= 0.6 is 11.3 Å². The Bertz CT molecular complexity index is 546. The molecule has 19 heavy (non-hydrogen) atoms. The number of aliphatic hydroxyl groups is 1. The molecule has 0 saturated carbocycles. The second kappa shape index (κ2) is 5.56. The highest BCUT2D eigenvalue weighted by molar-refractivity contribution is 7.78. The Morgan fingerprint density at radius 2 is 2.00 bits per heavy atom. The predicted molar refractivity (Wildman–Crippen MR) is 72.3 cm³/mol. The lowest BCUT2D eigenvalue weighted by molar-refractivity contribution is 0.0607. The summed E-state index contributed by atoms with van der Waals surface area (Å²) >= 11 is 1.05. The van der Waals surface area contributed by atoms with E-state index < -0.39 is 27.9 Å². The number of thiazole rings is 1. The lowest BCUT2D eigenvalue weighted by Gasteiger charge is -2.18. The van der Waals surface area contributed by atoms with E-state index in [-0.39, 0.29) is 0 Å². The zero-order chi connectivity index (χ0) is 14.8. The van der Waals surface area contributed by atoms with E-state index in [1.165, 1.54) is 6.20 Å². The highest BCUT2D eigenvalue weighted by atomic mass is 32.2. The van der Waals surface area contributed by atoms with E-state index in [1.807, 2.05) is 0 Å². The number of ether oxygens (including phenoxy) is 1. The van der Waals surface area contributed by atoms with E-state index in [0.29, 0.717) is 9.22 Å². The zero-order valence-corrected chi connectivity index (χ0v) is 13.1. The molecular formula is C11H17N2O4S2-.